The van der Waals surface area contributed by atoms with Gasteiger partial charge in [0.2, 0.25) is 0 Å². The second-order valence-electron chi connectivity index (χ2n) is 9.19. The molecule has 0 heterocycles. The fraction of sp³-hybridized carbons (Fsp3) is 0.429. The minimum Gasteiger partial charge on any atom is -0.234 e. The van der Waals surface area contributed by atoms with Crippen molar-refractivity contribution in [3.05, 3.63) is 65.2 Å². The monoisotopic (exact) mass is 382 g/mol. The maximum atomic E-state index is 11.8. The predicted molar refractivity (Wildman–Crippen MR) is 122 cm³/mol. The van der Waals surface area contributed by atoms with E-state index in [4.69, 9.17) is 0 Å². The van der Waals surface area contributed by atoms with Crippen molar-refractivity contribution < 1.29 is 4.79 Å². The normalized spacial score (nSPS) is 20.8. The Morgan fingerprint density at radius 2 is 1.55 bits per heavy atom. The molecule has 5 rings (SSSR count). The van der Waals surface area contributed by atoms with Crippen LogP contribution in [-0.4, -0.2) is 5.94 Å². The molecule has 1 heteroatoms. The third-order valence-corrected chi connectivity index (χ3v) is 7.34. The molecule has 2 fully saturated rings. The van der Waals surface area contributed by atoms with Crippen molar-refractivity contribution in [3.63, 3.8) is 0 Å². The number of carbonyl (C=O) groups excluding carboxylic acids is 1. The van der Waals surface area contributed by atoms with Crippen LogP contribution in [0.3, 0.4) is 0 Å². The van der Waals surface area contributed by atoms with Gasteiger partial charge < -0.3 is 0 Å². The highest BCUT2D eigenvalue weighted by Gasteiger charge is 2.27. The van der Waals surface area contributed by atoms with Crippen molar-refractivity contribution in [2.24, 2.45) is 5.92 Å². The number of hydrogen-bond donors (Lipinski definition) is 0. The Balaban J connectivity index is 1.69. The molecule has 1 unspecified atom stereocenters. The van der Waals surface area contributed by atoms with Crippen molar-refractivity contribution in [3.8, 4) is 0 Å². The van der Waals surface area contributed by atoms with Gasteiger partial charge in [0, 0.05) is 11.5 Å². The molecule has 0 aliphatic heterocycles. The summed E-state index contributed by atoms with van der Waals surface area (Å²) in [5.74, 6) is 3.40. The van der Waals surface area contributed by atoms with E-state index >= 15 is 0 Å². The van der Waals surface area contributed by atoms with Crippen LogP contribution in [0.2, 0.25) is 0 Å². The molecule has 0 spiro atoms. The second kappa shape index (κ2) is 8.17. The molecule has 2 saturated carbocycles. The standard InChI is InChI=1S/C28H30O/c29-19-25-12-6-7-13-26(25)28-24(16-20-8-2-1-3-9-20)15-14-23-17-21-10-4-5-11-22(21)18-27(23)28/h4-5,10-11,14-15,17-18,20,26H,1-3,6-9,12-13,16H2. The highest BCUT2D eigenvalue weighted by Crippen LogP contribution is 2.43. The summed E-state index contributed by atoms with van der Waals surface area (Å²) in [5, 5.41) is 5.25. The Hall–Kier alpha value is -2.37. The van der Waals surface area contributed by atoms with E-state index in [0.717, 1.165) is 30.8 Å². The van der Waals surface area contributed by atoms with Gasteiger partial charge in [-0.25, -0.2) is 4.79 Å². The lowest BCUT2D eigenvalue weighted by Gasteiger charge is -2.29. The van der Waals surface area contributed by atoms with Crippen molar-refractivity contribution in [1.29, 1.82) is 0 Å². The topological polar surface area (TPSA) is 17.1 Å². The molecule has 3 aromatic carbocycles. The second-order valence-corrected chi connectivity index (χ2v) is 9.19. The fourth-order valence-corrected chi connectivity index (χ4v) is 5.83. The minimum atomic E-state index is 0.254. The maximum Gasteiger partial charge on any atom is 0.124 e. The van der Waals surface area contributed by atoms with E-state index in [-0.39, 0.29) is 5.92 Å². The molecular weight excluding hydrogens is 352 g/mol. The number of hydrogen-bond acceptors (Lipinski definition) is 1. The SMILES string of the molecule is O=C=C1CCCCC1c1c(CC2CCCCC2)ccc2cc3ccccc3cc12. The van der Waals surface area contributed by atoms with Gasteiger partial charge in [-0.15, -0.1) is 0 Å². The Kier molecular flexibility index (Phi) is 5.25. The molecule has 0 bridgehead atoms. The molecule has 148 valence electrons. The van der Waals surface area contributed by atoms with Gasteiger partial charge in [0.1, 0.15) is 5.94 Å². The number of allylic oxidation sites excluding steroid dienone is 1. The van der Waals surface area contributed by atoms with Gasteiger partial charge in [0.15, 0.2) is 0 Å². The first-order valence-electron chi connectivity index (χ1n) is 11.5. The van der Waals surface area contributed by atoms with Gasteiger partial charge >= 0.3 is 0 Å². The molecular formula is C28H30O. The summed E-state index contributed by atoms with van der Waals surface area (Å²) in [5.41, 5.74) is 3.93. The van der Waals surface area contributed by atoms with Crippen LogP contribution >= 0.6 is 0 Å². The Morgan fingerprint density at radius 3 is 2.34 bits per heavy atom. The van der Waals surface area contributed by atoms with Crippen LogP contribution in [0.5, 0.6) is 0 Å². The van der Waals surface area contributed by atoms with Crippen LogP contribution in [0.15, 0.2) is 54.1 Å². The molecule has 0 aromatic heterocycles. The number of fused-ring (bicyclic) bond motifs is 2. The highest BCUT2D eigenvalue weighted by molar-refractivity contribution is 6.00. The van der Waals surface area contributed by atoms with Crippen LogP contribution in [-0.2, 0) is 11.2 Å². The average Bonchev–Trinajstić information content (AvgIpc) is 2.78. The van der Waals surface area contributed by atoms with Crippen LogP contribution < -0.4 is 0 Å². The predicted octanol–water partition coefficient (Wildman–Crippen LogP) is 7.53. The van der Waals surface area contributed by atoms with Gasteiger partial charge in [-0.05, 0) is 76.4 Å². The Bertz CT molecular complexity index is 1080. The zero-order chi connectivity index (χ0) is 19.6. The first-order valence-corrected chi connectivity index (χ1v) is 11.5. The maximum absolute atomic E-state index is 11.8. The lowest BCUT2D eigenvalue weighted by Crippen LogP contribution is -2.15. The summed E-state index contributed by atoms with van der Waals surface area (Å²) >= 11 is 0. The number of benzene rings is 3. The quantitative estimate of drug-likeness (QED) is 0.338. The zero-order valence-electron chi connectivity index (χ0n) is 17.3. The van der Waals surface area contributed by atoms with E-state index in [9.17, 15) is 4.79 Å². The van der Waals surface area contributed by atoms with Gasteiger partial charge in [-0.2, -0.15) is 0 Å². The number of rotatable bonds is 3. The summed E-state index contributed by atoms with van der Waals surface area (Å²) in [7, 11) is 0. The van der Waals surface area contributed by atoms with Gasteiger partial charge in [-0.1, -0.05) is 74.9 Å². The molecule has 0 saturated heterocycles. The lowest BCUT2D eigenvalue weighted by molar-refractivity contribution is 0.355. The van der Waals surface area contributed by atoms with Crippen LogP contribution in [0.25, 0.3) is 21.5 Å². The summed E-state index contributed by atoms with van der Waals surface area (Å²) in [4.78, 5) is 11.8. The molecule has 0 N–H and O–H groups in total. The van der Waals surface area contributed by atoms with E-state index in [1.807, 2.05) is 0 Å². The zero-order valence-corrected chi connectivity index (χ0v) is 17.3. The third-order valence-electron chi connectivity index (χ3n) is 7.34. The minimum absolute atomic E-state index is 0.254. The summed E-state index contributed by atoms with van der Waals surface area (Å²) in [6, 6.07) is 18.0. The van der Waals surface area contributed by atoms with Crippen molar-refractivity contribution >= 4 is 27.5 Å². The molecule has 1 atom stereocenters. The molecule has 0 amide bonds. The summed E-state index contributed by atoms with van der Waals surface area (Å²) < 4.78 is 0. The molecule has 29 heavy (non-hydrogen) atoms. The van der Waals surface area contributed by atoms with E-state index in [1.54, 1.807) is 0 Å². The van der Waals surface area contributed by atoms with Gasteiger partial charge in [0.05, 0.1) is 0 Å². The van der Waals surface area contributed by atoms with Crippen LogP contribution in [0.1, 0.15) is 74.8 Å². The average molecular weight is 383 g/mol. The van der Waals surface area contributed by atoms with E-state index in [1.165, 1.54) is 77.6 Å². The largest absolute Gasteiger partial charge is 0.234 e. The van der Waals surface area contributed by atoms with Crippen LogP contribution in [0, 0.1) is 5.92 Å². The van der Waals surface area contributed by atoms with Gasteiger partial charge in [-0.3, -0.25) is 0 Å². The van der Waals surface area contributed by atoms with Gasteiger partial charge in [0.25, 0.3) is 0 Å². The molecule has 2 aliphatic rings. The first kappa shape index (κ1) is 18.6. The molecule has 1 nitrogen and oxygen atoms in total. The highest BCUT2D eigenvalue weighted by atomic mass is 16.1. The Labute approximate surface area is 173 Å². The molecule has 0 radical (unpaired) electrons. The van der Waals surface area contributed by atoms with Crippen molar-refractivity contribution in [1.82, 2.24) is 0 Å². The Morgan fingerprint density at radius 1 is 0.793 bits per heavy atom. The first-order chi connectivity index (χ1) is 14.3. The summed E-state index contributed by atoms with van der Waals surface area (Å²) in [6.07, 6.45) is 12.4. The fourth-order valence-electron chi connectivity index (χ4n) is 5.83. The molecule has 3 aromatic rings. The van der Waals surface area contributed by atoms with E-state index in [0.29, 0.717) is 0 Å². The van der Waals surface area contributed by atoms with E-state index in [2.05, 4.69) is 54.5 Å². The molecule has 2 aliphatic carbocycles. The van der Waals surface area contributed by atoms with Crippen molar-refractivity contribution in [2.75, 3.05) is 0 Å². The lowest BCUT2D eigenvalue weighted by atomic mass is 9.74. The third kappa shape index (κ3) is 3.65. The summed E-state index contributed by atoms with van der Waals surface area (Å²) in [6.45, 7) is 0. The van der Waals surface area contributed by atoms with E-state index < -0.39 is 0 Å². The van der Waals surface area contributed by atoms with Crippen molar-refractivity contribution in [2.45, 2.75) is 70.1 Å². The van der Waals surface area contributed by atoms with Crippen LogP contribution in [0.4, 0.5) is 0 Å². The smallest absolute Gasteiger partial charge is 0.124 e.